The molecule has 0 amide bonds. The smallest absolute Gasteiger partial charge is 0.303 e. The average Bonchev–Trinajstić information content (AvgIpc) is 2.27. The highest BCUT2D eigenvalue weighted by molar-refractivity contribution is 7.90. The van der Waals surface area contributed by atoms with Gasteiger partial charge in [0.2, 0.25) is 0 Å². The minimum atomic E-state index is -3.53. The summed E-state index contributed by atoms with van der Waals surface area (Å²) in [6, 6.07) is 6.78. The third kappa shape index (κ3) is 2.70. The van der Waals surface area contributed by atoms with E-state index in [0.717, 1.165) is 0 Å². The number of nitrogens with zero attached hydrogens (tertiary/aromatic N) is 2. The molecular formula is C11H19N3O2S. The van der Waals surface area contributed by atoms with Crippen molar-refractivity contribution in [2.75, 3.05) is 24.1 Å². The van der Waals surface area contributed by atoms with Crippen molar-refractivity contribution in [3.63, 3.8) is 0 Å². The minimum Gasteiger partial charge on any atom is -0.397 e. The van der Waals surface area contributed by atoms with Crippen LogP contribution in [0.5, 0.6) is 0 Å². The molecule has 0 aromatic heterocycles. The van der Waals surface area contributed by atoms with Crippen LogP contribution in [0.25, 0.3) is 0 Å². The van der Waals surface area contributed by atoms with Gasteiger partial charge in [-0.3, -0.25) is 4.31 Å². The maximum absolute atomic E-state index is 12.2. The van der Waals surface area contributed by atoms with Gasteiger partial charge in [-0.25, -0.2) is 0 Å². The number of hydrogen-bond acceptors (Lipinski definition) is 3. The lowest BCUT2D eigenvalue weighted by Gasteiger charge is -2.28. The number of hydrogen-bond donors (Lipinski definition) is 1. The van der Waals surface area contributed by atoms with E-state index >= 15 is 0 Å². The van der Waals surface area contributed by atoms with E-state index in [-0.39, 0.29) is 6.04 Å². The molecule has 5 nitrogen and oxygen atoms in total. The van der Waals surface area contributed by atoms with Crippen LogP contribution in [0.4, 0.5) is 11.4 Å². The zero-order valence-corrected chi connectivity index (χ0v) is 11.4. The maximum Gasteiger partial charge on any atom is 0.303 e. The summed E-state index contributed by atoms with van der Waals surface area (Å²) in [5, 5.41) is 0. The third-order valence-electron chi connectivity index (χ3n) is 2.71. The van der Waals surface area contributed by atoms with Gasteiger partial charge in [-0.1, -0.05) is 12.1 Å². The van der Waals surface area contributed by atoms with Gasteiger partial charge in [-0.2, -0.15) is 12.7 Å². The van der Waals surface area contributed by atoms with E-state index in [1.54, 1.807) is 31.3 Å². The fourth-order valence-corrected chi connectivity index (χ4v) is 2.69. The van der Waals surface area contributed by atoms with Gasteiger partial charge >= 0.3 is 10.2 Å². The van der Waals surface area contributed by atoms with E-state index in [9.17, 15) is 8.42 Å². The highest BCUT2D eigenvalue weighted by Crippen LogP contribution is 2.25. The van der Waals surface area contributed by atoms with Crippen molar-refractivity contribution in [3.05, 3.63) is 24.3 Å². The topological polar surface area (TPSA) is 66.6 Å². The molecule has 0 fully saturated rings. The Bertz CT molecular complexity index is 485. The summed E-state index contributed by atoms with van der Waals surface area (Å²) in [5.41, 5.74) is 6.70. The second-order valence-electron chi connectivity index (χ2n) is 4.14. The van der Waals surface area contributed by atoms with Gasteiger partial charge in [-0.05, 0) is 26.0 Å². The van der Waals surface area contributed by atoms with Crippen LogP contribution in [0.15, 0.2) is 24.3 Å². The molecule has 17 heavy (non-hydrogen) atoms. The van der Waals surface area contributed by atoms with Crippen LogP contribution in [0, 0.1) is 0 Å². The molecule has 0 unspecified atom stereocenters. The lowest BCUT2D eigenvalue weighted by molar-refractivity contribution is 0.409. The number of anilines is 2. The summed E-state index contributed by atoms with van der Waals surface area (Å²) in [4.78, 5) is 0. The molecule has 1 aromatic carbocycles. The molecular weight excluding hydrogens is 238 g/mol. The number of benzene rings is 1. The molecule has 0 spiro atoms. The Morgan fingerprint density at radius 2 is 1.71 bits per heavy atom. The lowest BCUT2D eigenvalue weighted by Crippen LogP contribution is -2.43. The van der Waals surface area contributed by atoms with Crippen molar-refractivity contribution in [2.24, 2.45) is 0 Å². The highest BCUT2D eigenvalue weighted by Gasteiger charge is 2.26. The number of rotatable bonds is 4. The van der Waals surface area contributed by atoms with Crippen LogP contribution < -0.4 is 10.0 Å². The third-order valence-corrected chi connectivity index (χ3v) is 4.75. The molecule has 0 bridgehead atoms. The molecule has 6 heteroatoms. The van der Waals surface area contributed by atoms with Crippen LogP contribution in [0.2, 0.25) is 0 Å². The summed E-state index contributed by atoms with van der Waals surface area (Å²) in [6.45, 7) is 3.64. The average molecular weight is 257 g/mol. The van der Waals surface area contributed by atoms with Gasteiger partial charge in [0.15, 0.2) is 0 Å². The van der Waals surface area contributed by atoms with Crippen molar-refractivity contribution in [1.29, 1.82) is 0 Å². The maximum atomic E-state index is 12.2. The van der Waals surface area contributed by atoms with E-state index in [2.05, 4.69) is 0 Å². The molecule has 0 heterocycles. The van der Waals surface area contributed by atoms with E-state index in [1.165, 1.54) is 15.7 Å². The standard InChI is InChI=1S/C11H19N3O2S/c1-9(2)13(3)17(15,16)14(4)11-8-6-5-7-10(11)12/h5-9H,12H2,1-4H3. The summed E-state index contributed by atoms with van der Waals surface area (Å²) in [5.74, 6) is 0. The van der Waals surface area contributed by atoms with Crippen molar-refractivity contribution < 1.29 is 8.42 Å². The van der Waals surface area contributed by atoms with Crippen molar-refractivity contribution >= 4 is 21.6 Å². The van der Waals surface area contributed by atoms with Crippen molar-refractivity contribution in [2.45, 2.75) is 19.9 Å². The van der Waals surface area contributed by atoms with Crippen molar-refractivity contribution in [3.8, 4) is 0 Å². The molecule has 0 saturated carbocycles. The van der Waals surface area contributed by atoms with Gasteiger partial charge in [-0.15, -0.1) is 0 Å². The summed E-state index contributed by atoms with van der Waals surface area (Å²) < 4.78 is 26.9. The first-order chi connectivity index (χ1) is 7.78. The van der Waals surface area contributed by atoms with E-state index < -0.39 is 10.2 Å². The molecule has 0 radical (unpaired) electrons. The molecule has 0 saturated heterocycles. The normalized spacial score (nSPS) is 12.1. The first-order valence-electron chi connectivity index (χ1n) is 5.35. The molecule has 0 aliphatic carbocycles. The predicted molar refractivity (Wildman–Crippen MR) is 71.1 cm³/mol. The Balaban J connectivity index is 3.14. The zero-order chi connectivity index (χ0) is 13.2. The van der Waals surface area contributed by atoms with E-state index in [0.29, 0.717) is 11.4 Å². The Kier molecular flexibility index (Phi) is 4.00. The number of para-hydroxylation sites is 2. The molecule has 2 N–H and O–H groups in total. The monoisotopic (exact) mass is 257 g/mol. The summed E-state index contributed by atoms with van der Waals surface area (Å²) in [6.07, 6.45) is 0. The molecule has 96 valence electrons. The van der Waals surface area contributed by atoms with Crippen LogP contribution in [0.3, 0.4) is 0 Å². The number of nitrogens with two attached hydrogens (primary N) is 1. The van der Waals surface area contributed by atoms with Crippen LogP contribution in [0.1, 0.15) is 13.8 Å². The molecule has 0 atom stereocenters. The van der Waals surface area contributed by atoms with Crippen LogP contribution in [-0.2, 0) is 10.2 Å². The largest absolute Gasteiger partial charge is 0.397 e. The second kappa shape index (κ2) is 4.93. The summed E-state index contributed by atoms with van der Waals surface area (Å²) in [7, 11) is -0.476. The lowest BCUT2D eigenvalue weighted by atomic mass is 10.3. The first kappa shape index (κ1) is 13.8. The Hall–Kier alpha value is -1.27. The Labute approximate surface area is 103 Å². The predicted octanol–water partition coefficient (Wildman–Crippen LogP) is 1.29. The molecule has 0 aliphatic rings. The highest BCUT2D eigenvalue weighted by atomic mass is 32.2. The molecule has 1 rings (SSSR count). The summed E-state index contributed by atoms with van der Waals surface area (Å²) >= 11 is 0. The Morgan fingerprint density at radius 1 is 1.18 bits per heavy atom. The van der Waals surface area contributed by atoms with Gasteiger partial charge in [0.1, 0.15) is 0 Å². The van der Waals surface area contributed by atoms with Crippen LogP contribution in [-0.4, -0.2) is 32.9 Å². The first-order valence-corrected chi connectivity index (χ1v) is 6.74. The fraction of sp³-hybridized carbons (Fsp3) is 0.455. The quantitative estimate of drug-likeness (QED) is 0.826. The van der Waals surface area contributed by atoms with Crippen LogP contribution >= 0.6 is 0 Å². The molecule has 1 aromatic rings. The Morgan fingerprint density at radius 3 is 2.18 bits per heavy atom. The van der Waals surface area contributed by atoms with Gasteiger partial charge < -0.3 is 5.73 Å². The van der Waals surface area contributed by atoms with Gasteiger partial charge in [0, 0.05) is 20.1 Å². The zero-order valence-electron chi connectivity index (χ0n) is 10.6. The van der Waals surface area contributed by atoms with E-state index in [1.807, 2.05) is 13.8 Å². The second-order valence-corrected chi connectivity index (χ2v) is 6.16. The van der Waals surface area contributed by atoms with Crippen molar-refractivity contribution in [1.82, 2.24) is 4.31 Å². The minimum absolute atomic E-state index is 0.104. The number of nitrogen functional groups attached to an aromatic ring is 1. The fourth-order valence-electron chi connectivity index (χ4n) is 1.36. The van der Waals surface area contributed by atoms with Gasteiger partial charge in [0.25, 0.3) is 0 Å². The SMILES string of the molecule is CC(C)N(C)S(=O)(=O)N(C)c1ccccc1N. The van der Waals surface area contributed by atoms with E-state index in [4.69, 9.17) is 5.73 Å². The molecule has 0 aliphatic heterocycles. The van der Waals surface area contributed by atoms with Gasteiger partial charge in [0.05, 0.1) is 11.4 Å².